The third-order valence-corrected chi connectivity index (χ3v) is 14.4. The number of likely N-dealkylation sites (tertiary alicyclic amines) is 1. The summed E-state index contributed by atoms with van der Waals surface area (Å²) >= 11 is 0. The van der Waals surface area contributed by atoms with E-state index < -0.39 is 47.2 Å². The van der Waals surface area contributed by atoms with Gasteiger partial charge in [-0.15, -0.1) is 0 Å². The van der Waals surface area contributed by atoms with Crippen LogP contribution in [-0.4, -0.2) is 118 Å². The molecule has 15 nitrogen and oxygen atoms in total. The minimum atomic E-state index is -1.15. The number of carbonyl (C=O) groups is 5. The first-order valence-corrected chi connectivity index (χ1v) is 23.7. The van der Waals surface area contributed by atoms with E-state index in [-0.39, 0.29) is 55.5 Å². The molecular weight excluding hydrogens is 851 g/mol. The number of phenols is 1. The zero-order chi connectivity index (χ0) is 47.7. The Morgan fingerprint density at radius 1 is 1.07 bits per heavy atom. The average molecular weight is 916 g/mol. The van der Waals surface area contributed by atoms with Gasteiger partial charge < -0.3 is 34.3 Å². The van der Waals surface area contributed by atoms with Gasteiger partial charge in [-0.3, -0.25) is 34.0 Å². The van der Waals surface area contributed by atoms with Crippen molar-refractivity contribution in [3.8, 4) is 28.1 Å². The summed E-state index contributed by atoms with van der Waals surface area (Å²) in [6.45, 7) is 11.0. The van der Waals surface area contributed by atoms with Crippen molar-refractivity contribution in [3.05, 3.63) is 84.2 Å². The molecule has 0 spiro atoms. The molecule has 2 aromatic carbocycles. The number of amides is 4. The minimum Gasteiger partial charge on any atom is -0.508 e. The fourth-order valence-corrected chi connectivity index (χ4v) is 11.0. The largest absolute Gasteiger partial charge is 0.508 e. The van der Waals surface area contributed by atoms with Gasteiger partial charge >= 0.3 is 5.97 Å². The maximum atomic E-state index is 14.9. The van der Waals surface area contributed by atoms with Crippen LogP contribution in [0, 0.1) is 23.2 Å². The number of methoxy groups -OCH3 is 1. The lowest BCUT2D eigenvalue weighted by atomic mass is 9.84. The third kappa shape index (κ3) is 9.85. The fraction of sp³-hybridized carbons (Fsp3) is 0.500. The predicted octanol–water partition coefficient (Wildman–Crippen LogP) is 5.71. The second-order valence-electron chi connectivity index (χ2n) is 19.9. The van der Waals surface area contributed by atoms with Gasteiger partial charge in [-0.2, -0.15) is 0 Å². The molecule has 4 amide bonds. The van der Waals surface area contributed by atoms with Gasteiger partial charge in [0, 0.05) is 75.3 Å². The van der Waals surface area contributed by atoms with Gasteiger partial charge in [0.25, 0.3) is 5.91 Å². The van der Waals surface area contributed by atoms with Crippen LogP contribution < -0.4 is 10.7 Å². The van der Waals surface area contributed by atoms with Crippen molar-refractivity contribution in [1.29, 1.82) is 0 Å². The highest BCUT2D eigenvalue weighted by Crippen LogP contribution is 2.41. The first-order chi connectivity index (χ1) is 32.1. The second-order valence-corrected chi connectivity index (χ2v) is 19.9. The molecule has 1 aliphatic carbocycles. The minimum absolute atomic E-state index is 0.00284. The highest BCUT2D eigenvalue weighted by molar-refractivity contribution is 5.96. The van der Waals surface area contributed by atoms with Gasteiger partial charge in [-0.05, 0) is 109 Å². The van der Waals surface area contributed by atoms with Crippen molar-refractivity contribution >= 4 is 40.5 Å². The van der Waals surface area contributed by atoms with E-state index in [0.717, 1.165) is 70.2 Å². The predicted molar refractivity (Wildman–Crippen MR) is 254 cm³/mol. The lowest BCUT2D eigenvalue weighted by molar-refractivity contribution is -0.155. The molecule has 2 saturated heterocycles. The number of aromatic nitrogens is 2. The van der Waals surface area contributed by atoms with Crippen LogP contribution in [0.5, 0.6) is 5.75 Å². The van der Waals surface area contributed by atoms with E-state index in [4.69, 9.17) is 9.47 Å². The van der Waals surface area contributed by atoms with Crippen LogP contribution in [0.15, 0.2) is 67.4 Å². The number of aryl methyl sites for hydroxylation is 1. The highest BCUT2D eigenvalue weighted by atomic mass is 16.5. The van der Waals surface area contributed by atoms with E-state index in [1.807, 2.05) is 38.2 Å². The van der Waals surface area contributed by atoms with Gasteiger partial charge in [0.2, 0.25) is 17.7 Å². The molecule has 3 aliphatic heterocycles. The van der Waals surface area contributed by atoms with Crippen LogP contribution in [-0.2, 0) is 59.9 Å². The summed E-state index contributed by atoms with van der Waals surface area (Å²) in [6.07, 6.45) is 7.83. The third-order valence-electron chi connectivity index (χ3n) is 14.4. The number of benzene rings is 2. The molecule has 356 valence electrons. The smallest absolute Gasteiger partial charge is 0.324 e. The topological polar surface area (TPSA) is 176 Å². The molecule has 6 bridgehead atoms. The van der Waals surface area contributed by atoms with E-state index >= 15 is 0 Å². The number of phenolic OH excluding ortho intramolecular Hbond substituents is 1. The van der Waals surface area contributed by atoms with E-state index in [2.05, 4.69) is 52.9 Å². The molecule has 2 aromatic heterocycles. The maximum Gasteiger partial charge on any atom is 0.324 e. The molecule has 5 atom stereocenters. The lowest BCUT2D eigenvalue weighted by Crippen LogP contribution is -2.62. The first-order valence-electron chi connectivity index (χ1n) is 23.7. The Morgan fingerprint density at radius 3 is 2.60 bits per heavy atom. The Balaban J connectivity index is 1.19. The second kappa shape index (κ2) is 19.7. The Labute approximate surface area is 392 Å². The van der Waals surface area contributed by atoms with Gasteiger partial charge in [-0.1, -0.05) is 52.3 Å². The summed E-state index contributed by atoms with van der Waals surface area (Å²) in [5.41, 5.74) is 9.50. The van der Waals surface area contributed by atoms with Crippen molar-refractivity contribution in [3.63, 3.8) is 0 Å². The van der Waals surface area contributed by atoms with E-state index in [1.54, 1.807) is 37.4 Å². The quantitative estimate of drug-likeness (QED) is 0.140. The van der Waals surface area contributed by atoms with Gasteiger partial charge in [0.1, 0.15) is 23.9 Å². The van der Waals surface area contributed by atoms with Gasteiger partial charge in [-0.25, -0.2) is 5.43 Å². The van der Waals surface area contributed by atoms with Crippen LogP contribution in [0.2, 0.25) is 0 Å². The van der Waals surface area contributed by atoms with Gasteiger partial charge in [0.15, 0.2) is 0 Å². The van der Waals surface area contributed by atoms with Crippen molar-refractivity contribution in [2.45, 2.75) is 96.9 Å². The molecule has 4 aliphatic rings. The number of esters is 1. The Bertz CT molecular complexity index is 2560. The number of ether oxygens (including phenoxy) is 2. The Morgan fingerprint density at radius 2 is 1.85 bits per heavy atom. The van der Waals surface area contributed by atoms with Crippen LogP contribution in [0.3, 0.4) is 0 Å². The number of hydrazine groups is 1. The summed E-state index contributed by atoms with van der Waals surface area (Å²) in [5, 5.41) is 16.8. The molecule has 3 fully saturated rings. The lowest BCUT2D eigenvalue weighted by Gasteiger charge is -2.37. The number of hydrogen-bond donors (Lipinski definition) is 3. The molecule has 67 heavy (non-hydrogen) atoms. The standard InChI is InChI=1S/C52H65N7O8/c1-8-45(61)58-27-31(2)40(28-58)49(63)57(6)46(33-13-9-10-14-33)48(62)54-42-23-32-21-35(24-36(60)22-32)34-17-18-44-38(25-34)39(47(56(44)5)37-15-11-19-53-43(37)29-66-7)26-52(3,4)30-67-51(65)41-16-12-20-59(55-41)50(42)64/h8,11,15,17-19,21-22,24-25,31,33,40-42,46,55,60H,1,9-10,12-14,16,20,23,26-30H2,2-7H3,(H,54,62)/t31-,40+,41-,42-,46-/m0/s1. The highest BCUT2D eigenvalue weighted by Gasteiger charge is 2.44. The Kier molecular flexibility index (Phi) is 13.9. The molecule has 0 unspecified atom stereocenters. The van der Waals surface area contributed by atoms with Crippen LogP contribution in [0.4, 0.5) is 0 Å². The molecule has 8 rings (SSSR count). The SMILES string of the molecule is C=CC(=O)N1C[C@H](C)[C@H](C(=O)N(C)[C@H](C(=O)N[C@H]2Cc3cc(O)cc(c3)-c3ccc4c(c3)c(c(-c3cccnc3COC)n4C)CC(C)(C)COC(=O)[C@@H]3CCCN(N3)C2=O)C2CCCC2)C1. The molecule has 1 saturated carbocycles. The molecule has 15 heteroatoms. The molecular formula is C52H65N7O8. The summed E-state index contributed by atoms with van der Waals surface area (Å²) in [7, 11) is 5.33. The number of aromatic hydroxyl groups is 1. The zero-order valence-electron chi connectivity index (χ0n) is 39.7. The van der Waals surface area contributed by atoms with Crippen LogP contribution >= 0.6 is 0 Å². The fourth-order valence-electron chi connectivity index (χ4n) is 11.0. The van der Waals surface area contributed by atoms with E-state index in [1.165, 1.54) is 16.0 Å². The Hall–Kier alpha value is -6.06. The molecule has 4 aromatic rings. The monoisotopic (exact) mass is 915 g/mol. The molecule has 0 radical (unpaired) electrons. The van der Waals surface area contributed by atoms with E-state index in [9.17, 15) is 29.1 Å². The summed E-state index contributed by atoms with van der Waals surface area (Å²) in [4.78, 5) is 78.4. The number of cyclic esters (lactones) is 1. The molecule has 3 N–H and O–H groups in total. The molecule has 5 heterocycles. The number of carbonyl (C=O) groups excluding carboxylic acids is 5. The number of hydrogen-bond acceptors (Lipinski definition) is 10. The number of nitrogens with zero attached hydrogens (tertiary/aromatic N) is 5. The van der Waals surface area contributed by atoms with Crippen molar-refractivity contribution < 1.29 is 38.6 Å². The number of likely N-dealkylation sites (N-methyl/N-ethyl adjacent to an activating group) is 1. The van der Waals surface area contributed by atoms with Crippen LogP contribution in [0.1, 0.15) is 76.1 Å². The number of rotatable bonds is 9. The normalized spacial score (nSPS) is 22.8. The van der Waals surface area contributed by atoms with Crippen LogP contribution in [0.25, 0.3) is 33.3 Å². The number of pyridine rings is 1. The van der Waals surface area contributed by atoms with Gasteiger partial charge in [0.05, 0.1) is 30.5 Å². The average Bonchev–Trinajstić information content (AvgIpc) is 4.05. The maximum absolute atomic E-state index is 14.9. The van der Waals surface area contributed by atoms with Crippen molar-refractivity contribution in [2.24, 2.45) is 30.2 Å². The summed E-state index contributed by atoms with van der Waals surface area (Å²) < 4.78 is 13.8. The van der Waals surface area contributed by atoms with E-state index in [0.29, 0.717) is 38.0 Å². The first kappa shape index (κ1) is 47.4. The van der Waals surface area contributed by atoms with Crippen molar-refractivity contribution in [1.82, 2.24) is 35.1 Å². The van der Waals surface area contributed by atoms with Crippen molar-refractivity contribution in [2.75, 3.05) is 40.4 Å². The number of nitrogens with one attached hydrogen (secondary N) is 2. The summed E-state index contributed by atoms with van der Waals surface area (Å²) in [6, 6.07) is 12.6. The summed E-state index contributed by atoms with van der Waals surface area (Å²) in [5.74, 6) is -2.62. The zero-order valence-corrected chi connectivity index (χ0v) is 39.7. The number of fused-ring (bicyclic) bond motifs is 6.